The summed E-state index contributed by atoms with van der Waals surface area (Å²) in [4.78, 5) is 24.1. The Morgan fingerprint density at radius 2 is 1.65 bits per heavy atom. The topological polar surface area (TPSA) is 61.8 Å². The van der Waals surface area contributed by atoms with Crippen LogP contribution < -0.4 is 0 Å². The summed E-state index contributed by atoms with van der Waals surface area (Å²) in [7, 11) is 0. The predicted octanol–water partition coefficient (Wildman–Crippen LogP) is 4.42. The predicted molar refractivity (Wildman–Crippen MR) is 90.1 cm³/mol. The highest BCUT2D eigenvalue weighted by molar-refractivity contribution is 5.99. The third kappa shape index (κ3) is 7.98. The van der Waals surface area contributed by atoms with Gasteiger partial charge in [-0.1, -0.05) is 40.3 Å². The molecule has 0 unspecified atom stereocenters. The highest BCUT2D eigenvalue weighted by Crippen LogP contribution is 2.25. The summed E-state index contributed by atoms with van der Waals surface area (Å²) in [5, 5.41) is 0. The van der Waals surface area contributed by atoms with Crippen molar-refractivity contribution in [2.24, 2.45) is 5.41 Å². The number of hydrogen-bond donors (Lipinski definition) is 0. The van der Waals surface area contributed by atoms with Crippen LogP contribution in [0, 0.1) is 5.41 Å². The van der Waals surface area contributed by atoms with Crippen LogP contribution in [0.5, 0.6) is 0 Å². The zero-order chi connectivity index (χ0) is 18.1. The number of carbonyl (C=O) groups excluding carboxylic acids is 2. The van der Waals surface area contributed by atoms with E-state index in [1.54, 1.807) is 13.8 Å². The lowest BCUT2D eigenvalue weighted by molar-refractivity contribution is -0.126. The first kappa shape index (κ1) is 21.4. The zero-order valence-electron chi connectivity index (χ0n) is 15.2. The number of carbonyl (C=O) groups is 2. The number of ether oxygens (including phenoxy) is 3. The fraction of sp³-hybridized carbons (Fsp3) is 0.667. The summed E-state index contributed by atoms with van der Waals surface area (Å²) >= 11 is 0. The van der Waals surface area contributed by atoms with Gasteiger partial charge in [-0.15, -0.1) is 0 Å². The molecule has 132 valence electrons. The van der Waals surface area contributed by atoms with Crippen LogP contribution in [-0.2, 0) is 19.0 Å². The van der Waals surface area contributed by atoms with Crippen LogP contribution in [0.3, 0.4) is 0 Å². The molecule has 0 aromatic heterocycles. The molecule has 0 aromatic rings. The quantitative estimate of drug-likeness (QED) is 0.195. The minimum atomic E-state index is -0.920. The van der Waals surface area contributed by atoms with Crippen LogP contribution >= 0.6 is 0 Å². The van der Waals surface area contributed by atoms with E-state index in [4.69, 9.17) is 14.2 Å². The van der Waals surface area contributed by atoms with E-state index < -0.39 is 11.6 Å². The van der Waals surface area contributed by atoms with Crippen LogP contribution in [0.25, 0.3) is 0 Å². The second-order valence-electron chi connectivity index (χ2n) is 6.50. The average molecular weight is 326 g/mol. The van der Waals surface area contributed by atoms with Crippen LogP contribution in [-0.4, -0.2) is 30.8 Å². The highest BCUT2D eigenvalue weighted by Gasteiger charge is 2.30. The summed E-state index contributed by atoms with van der Waals surface area (Å²) in [5.74, 6) is -0.327. The van der Waals surface area contributed by atoms with Crippen molar-refractivity contribution in [2.45, 2.75) is 60.0 Å². The number of rotatable bonds is 10. The van der Waals surface area contributed by atoms with E-state index in [9.17, 15) is 9.59 Å². The van der Waals surface area contributed by atoms with E-state index in [1.165, 1.54) is 12.2 Å². The van der Waals surface area contributed by atoms with Gasteiger partial charge in [0.1, 0.15) is 6.61 Å². The molecule has 0 aliphatic carbocycles. The summed E-state index contributed by atoms with van der Waals surface area (Å²) in [6, 6.07) is 0. The van der Waals surface area contributed by atoms with Gasteiger partial charge in [-0.25, -0.2) is 4.79 Å². The van der Waals surface area contributed by atoms with Crippen molar-refractivity contribution in [1.29, 1.82) is 0 Å². The van der Waals surface area contributed by atoms with Crippen molar-refractivity contribution < 1.29 is 23.8 Å². The van der Waals surface area contributed by atoms with Crippen LogP contribution in [0.1, 0.15) is 54.4 Å². The molecule has 0 saturated heterocycles. The normalized spacial score (nSPS) is 12.7. The van der Waals surface area contributed by atoms with Gasteiger partial charge in [0.05, 0.1) is 12.2 Å². The van der Waals surface area contributed by atoms with Gasteiger partial charge in [0.25, 0.3) is 0 Å². The summed E-state index contributed by atoms with van der Waals surface area (Å²) < 4.78 is 15.5. The van der Waals surface area contributed by atoms with Crippen LogP contribution in [0.4, 0.5) is 4.79 Å². The number of ketones is 1. The van der Waals surface area contributed by atoms with Gasteiger partial charge in [-0.2, -0.15) is 0 Å². The van der Waals surface area contributed by atoms with E-state index >= 15 is 0 Å². The van der Waals surface area contributed by atoms with Crippen molar-refractivity contribution in [3.05, 3.63) is 24.5 Å². The molecular weight excluding hydrogens is 296 g/mol. The van der Waals surface area contributed by atoms with Gasteiger partial charge in [0, 0.05) is 5.41 Å². The first-order chi connectivity index (χ1) is 10.6. The van der Waals surface area contributed by atoms with Gasteiger partial charge in [0.15, 0.2) is 5.76 Å². The monoisotopic (exact) mass is 326 g/mol. The fourth-order valence-corrected chi connectivity index (χ4v) is 1.42. The molecule has 0 spiro atoms. The third-order valence-corrected chi connectivity index (χ3v) is 3.83. The van der Waals surface area contributed by atoms with Crippen molar-refractivity contribution in [1.82, 2.24) is 0 Å². The molecule has 0 saturated carbocycles. The first-order valence-electron chi connectivity index (χ1n) is 7.95. The van der Waals surface area contributed by atoms with E-state index in [1.807, 2.05) is 27.7 Å². The Morgan fingerprint density at radius 1 is 1.04 bits per heavy atom. The minimum absolute atomic E-state index is 0.0633. The molecule has 0 rings (SSSR count). The molecule has 0 aliphatic rings. The van der Waals surface area contributed by atoms with Crippen LogP contribution in [0.15, 0.2) is 24.5 Å². The third-order valence-electron chi connectivity index (χ3n) is 3.83. The summed E-state index contributed by atoms with van der Waals surface area (Å²) in [5.41, 5.74) is -0.883. The highest BCUT2D eigenvalue weighted by atomic mass is 16.7. The summed E-state index contributed by atoms with van der Waals surface area (Å²) in [6.07, 6.45) is 3.33. The van der Waals surface area contributed by atoms with Crippen molar-refractivity contribution in [3.63, 3.8) is 0 Å². The molecule has 5 nitrogen and oxygen atoms in total. The molecule has 0 heterocycles. The maximum atomic E-state index is 12.3. The van der Waals surface area contributed by atoms with Gasteiger partial charge in [0.2, 0.25) is 5.78 Å². The lowest BCUT2D eigenvalue weighted by atomic mass is 9.84. The molecule has 0 amide bonds. The maximum Gasteiger partial charge on any atom is 0.514 e. The Labute approximate surface area is 139 Å². The average Bonchev–Trinajstić information content (AvgIpc) is 2.50. The molecule has 0 bridgehead atoms. The van der Waals surface area contributed by atoms with Gasteiger partial charge in [-0.3, -0.25) is 4.79 Å². The molecule has 0 aromatic carbocycles. The smallest absolute Gasteiger partial charge is 0.432 e. The Kier molecular flexibility index (Phi) is 8.83. The standard InChI is InChI=1S/C18H30O5/c1-8-11-14(15(19)17(4,5)9-2)23-16(20)21-12-13-22-18(6,7)10-3/h8,11H,1,9-10,12-13H2,2-7H3/b14-11-. The molecule has 23 heavy (non-hydrogen) atoms. The lowest BCUT2D eigenvalue weighted by Gasteiger charge is -2.23. The number of Topliss-reactive ketones (excluding diaryl/α,β-unsaturated/α-hetero) is 1. The molecule has 0 aliphatic heterocycles. The minimum Gasteiger partial charge on any atom is -0.432 e. The fourth-order valence-electron chi connectivity index (χ4n) is 1.42. The SMILES string of the molecule is C=C/C=C(\OC(=O)OCCOC(C)(C)CC)C(=O)C(C)(C)CC. The number of hydrogen-bond acceptors (Lipinski definition) is 5. The van der Waals surface area contributed by atoms with E-state index in [2.05, 4.69) is 6.58 Å². The Bertz CT molecular complexity index is 446. The zero-order valence-corrected chi connectivity index (χ0v) is 15.2. The molecular formula is C18H30O5. The Morgan fingerprint density at radius 3 is 2.13 bits per heavy atom. The second-order valence-corrected chi connectivity index (χ2v) is 6.50. The van der Waals surface area contributed by atoms with Crippen molar-refractivity contribution >= 4 is 11.9 Å². The molecule has 0 atom stereocenters. The van der Waals surface area contributed by atoms with Crippen molar-refractivity contribution in [2.75, 3.05) is 13.2 Å². The summed E-state index contributed by atoms with van der Waals surface area (Å²) in [6.45, 7) is 15.3. The van der Waals surface area contributed by atoms with Crippen LogP contribution in [0.2, 0.25) is 0 Å². The molecule has 0 N–H and O–H groups in total. The Balaban J connectivity index is 4.52. The van der Waals surface area contributed by atoms with E-state index in [-0.39, 0.29) is 30.4 Å². The first-order valence-corrected chi connectivity index (χ1v) is 7.95. The largest absolute Gasteiger partial charge is 0.514 e. The van der Waals surface area contributed by atoms with Gasteiger partial charge in [-0.05, 0) is 32.8 Å². The van der Waals surface area contributed by atoms with Gasteiger partial charge >= 0.3 is 6.16 Å². The Hall–Kier alpha value is -1.62. The lowest BCUT2D eigenvalue weighted by Crippen LogP contribution is -2.28. The molecule has 0 radical (unpaired) electrons. The molecule has 0 fully saturated rings. The van der Waals surface area contributed by atoms with Gasteiger partial charge < -0.3 is 14.2 Å². The van der Waals surface area contributed by atoms with E-state index in [0.717, 1.165) is 6.42 Å². The maximum absolute atomic E-state index is 12.3. The van der Waals surface area contributed by atoms with Crippen molar-refractivity contribution in [3.8, 4) is 0 Å². The van der Waals surface area contributed by atoms with E-state index in [0.29, 0.717) is 6.42 Å². The number of allylic oxidation sites excluding steroid dienone is 3. The molecule has 5 heteroatoms. The second kappa shape index (κ2) is 9.50.